The lowest BCUT2D eigenvalue weighted by atomic mass is 10.3. The van der Waals surface area contributed by atoms with Gasteiger partial charge in [-0.05, 0) is 12.7 Å². The highest BCUT2D eigenvalue weighted by Crippen LogP contribution is 2.08. The molecule has 0 fully saturated rings. The van der Waals surface area contributed by atoms with Gasteiger partial charge in [-0.2, -0.15) is 16.9 Å². The van der Waals surface area contributed by atoms with Crippen LogP contribution in [-0.2, 0) is 7.05 Å². The van der Waals surface area contributed by atoms with E-state index in [1.54, 1.807) is 25.0 Å². The third-order valence-electron chi connectivity index (χ3n) is 2.02. The quantitative estimate of drug-likeness (QED) is 0.803. The normalized spacial score (nSPS) is 12.4. The van der Waals surface area contributed by atoms with Gasteiger partial charge in [-0.15, -0.1) is 0 Å². The zero-order chi connectivity index (χ0) is 12.1. The summed E-state index contributed by atoms with van der Waals surface area (Å²) in [6.07, 6.45) is 1.63. The van der Waals surface area contributed by atoms with Gasteiger partial charge in [0.05, 0.1) is 5.69 Å². The zero-order valence-corrected chi connectivity index (χ0v) is 10.7. The summed E-state index contributed by atoms with van der Waals surface area (Å²) in [6.45, 7) is 4.07. The molecular weight excluding hydrogens is 224 g/mol. The van der Waals surface area contributed by atoms with Crippen LogP contribution in [0.25, 0.3) is 0 Å². The number of hydrogen-bond donors (Lipinski definition) is 2. The minimum atomic E-state index is -0.206. The third-order valence-corrected chi connectivity index (χ3v) is 3.17. The Bertz CT molecular complexity index is 364. The third kappa shape index (κ3) is 3.44. The maximum absolute atomic E-state index is 11.8. The molecule has 5 nitrogen and oxygen atoms in total. The van der Waals surface area contributed by atoms with Crippen LogP contribution in [0.4, 0.5) is 5.69 Å². The van der Waals surface area contributed by atoms with Gasteiger partial charge < -0.3 is 11.1 Å². The molecule has 1 heterocycles. The lowest BCUT2D eigenvalue weighted by Crippen LogP contribution is -2.35. The summed E-state index contributed by atoms with van der Waals surface area (Å²) in [4.78, 5) is 11.8. The molecule has 1 unspecified atom stereocenters. The van der Waals surface area contributed by atoms with Crippen LogP contribution in [-0.4, -0.2) is 33.2 Å². The fourth-order valence-corrected chi connectivity index (χ4v) is 1.98. The van der Waals surface area contributed by atoms with Crippen LogP contribution >= 0.6 is 11.8 Å². The molecule has 1 atom stereocenters. The molecule has 0 spiro atoms. The van der Waals surface area contributed by atoms with Crippen LogP contribution in [0, 0.1) is 0 Å². The van der Waals surface area contributed by atoms with E-state index in [1.165, 1.54) is 4.68 Å². The van der Waals surface area contributed by atoms with Crippen molar-refractivity contribution in [2.24, 2.45) is 7.05 Å². The molecule has 1 amide bonds. The number of nitrogens with two attached hydrogens (primary N) is 1. The summed E-state index contributed by atoms with van der Waals surface area (Å²) in [6, 6.07) is 0.124. The van der Waals surface area contributed by atoms with Gasteiger partial charge in [-0.1, -0.05) is 6.92 Å². The minimum absolute atomic E-state index is 0.124. The monoisotopic (exact) mass is 242 g/mol. The number of hydrogen-bond acceptors (Lipinski definition) is 4. The summed E-state index contributed by atoms with van der Waals surface area (Å²) < 4.78 is 1.54. The summed E-state index contributed by atoms with van der Waals surface area (Å²) in [5.41, 5.74) is 6.38. The van der Waals surface area contributed by atoms with Crippen molar-refractivity contribution in [2.45, 2.75) is 19.9 Å². The highest BCUT2D eigenvalue weighted by Gasteiger charge is 2.15. The predicted molar refractivity (Wildman–Crippen MR) is 67.5 cm³/mol. The van der Waals surface area contributed by atoms with E-state index in [0.29, 0.717) is 11.4 Å². The summed E-state index contributed by atoms with van der Waals surface area (Å²) >= 11 is 1.79. The Balaban J connectivity index is 2.55. The Kier molecular flexibility index (Phi) is 4.67. The Labute approximate surface area is 99.8 Å². The summed E-state index contributed by atoms with van der Waals surface area (Å²) in [5.74, 6) is 1.74. The molecule has 0 aromatic carbocycles. The largest absolute Gasteiger partial charge is 0.396 e. The van der Waals surface area contributed by atoms with E-state index in [9.17, 15) is 4.79 Å². The van der Waals surface area contributed by atoms with Gasteiger partial charge in [0, 0.05) is 25.0 Å². The van der Waals surface area contributed by atoms with Gasteiger partial charge >= 0.3 is 0 Å². The Morgan fingerprint density at radius 2 is 2.44 bits per heavy atom. The molecular formula is C10H18N4OS. The van der Waals surface area contributed by atoms with Gasteiger partial charge in [0.2, 0.25) is 0 Å². The van der Waals surface area contributed by atoms with Crippen LogP contribution in [0.2, 0.25) is 0 Å². The molecule has 0 saturated heterocycles. The number of aromatic nitrogens is 2. The number of nitrogens with zero attached hydrogens (tertiary/aromatic N) is 2. The lowest BCUT2D eigenvalue weighted by molar-refractivity contribution is 0.0939. The zero-order valence-electron chi connectivity index (χ0n) is 9.86. The van der Waals surface area contributed by atoms with Crippen molar-refractivity contribution in [3.63, 3.8) is 0 Å². The van der Waals surface area contributed by atoms with Crippen LogP contribution in [0.5, 0.6) is 0 Å². The SMILES string of the molecule is CCSCC(C)NC(=O)c1nn(C)cc1N. The van der Waals surface area contributed by atoms with Crippen molar-refractivity contribution in [2.75, 3.05) is 17.2 Å². The van der Waals surface area contributed by atoms with Crippen molar-refractivity contribution in [3.8, 4) is 0 Å². The van der Waals surface area contributed by atoms with Gasteiger partial charge in [0.1, 0.15) is 0 Å². The molecule has 1 rings (SSSR count). The number of amides is 1. The van der Waals surface area contributed by atoms with Crippen LogP contribution < -0.4 is 11.1 Å². The van der Waals surface area contributed by atoms with E-state index in [4.69, 9.17) is 5.73 Å². The minimum Gasteiger partial charge on any atom is -0.396 e. The van der Waals surface area contributed by atoms with Crippen molar-refractivity contribution in [3.05, 3.63) is 11.9 Å². The molecule has 6 heteroatoms. The molecule has 1 aromatic rings. The van der Waals surface area contributed by atoms with Gasteiger partial charge in [0.15, 0.2) is 5.69 Å². The number of carbonyl (C=O) groups excluding carboxylic acids is 1. The van der Waals surface area contributed by atoms with Gasteiger partial charge in [-0.25, -0.2) is 0 Å². The van der Waals surface area contributed by atoms with Crippen molar-refractivity contribution in [1.29, 1.82) is 0 Å². The average molecular weight is 242 g/mol. The second kappa shape index (κ2) is 5.79. The fourth-order valence-electron chi connectivity index (χ4n) is 1.31. The lowest BCUT2D eigenvalue weighted by Gasteiger charge is -2.11. The number of carbonyl (C=O) groups is 1. The highest BCUT2D eigenvalue weighted by atomic mass is 32.2. The summed E-state index contributed by atoms with van der Waals surface area (Å²) in [7, 11) is 1.74. The van der Waals surface area contributed by atoms with Crippen molar-refractivity contribution in [1.82, 2.24) is 15.1 Å². The Morgan fingerprint density at radius 3 is 2.94 bits per heavy atom. The molecule has 0 aliphatic rings. The number of thioether (sulfide) groups is 1. The number of anilines is 1. The molecule has 1 aromatic heterocycles. The number of aryl methyl sites for hydroxylation is 1. The highest BCUT2D eigenvalue weighted by molar-refractivity contribution is 7.99. The van der Waals surface area contributed by atoms with E-state index in [0.717, 1.165) is 11.5 Å². The molecule has 0 saturated carbocycles. The van der Waals surface area contributed by atoms with E-state index >= 15 is 0 Å². The smallest absolute Gasteiger partial charge is 0.274 e. The van der Waals surface area contributed by atoms with Crippen LogP contribution in [0.1, 0.15) is 24.3 Å². The number of nitrogen functional groups attached to an aromatic ring is 1. The second-order valence-corrected chi connectivity index (χ2v) is 4.96. The van der Waals surface area contributed by atoms with Gasteiger partial charge in [0.25, 0.3) is 5.91 Å². The molecule has 0 radical (unpaired) electrons. The van der Waals surface area contributed by atoms with E-state index in [1.807, 2.05) is 6.92 Å². The number of nitrogens with one attached hydrogen (secondary N) is 1. The van der Waals surface area contributed by atoms with Crippen molar-refractivity contribution < 1.29 is 4.79 Å². The molecule has 90 valence electrons. The first-order valence-electron chi connectivity index (χ1n) is 5.22. The first kappa shape index (κ1) is 12.9. The van der Waals surface area contributed by atoms with Crippen LogP contribution in [0.15, 0.2) is 6.20 Å². The average Bonchev–Trinajstić information content (AvgIpc) is 2.54. The van der Waals surface area contributed by atoms with Crippen LogP contribution in [0.3, 0.4) is 0 Å². The van der Waals surface area contributed by atoms with E-state index < -0.39 is 0 Å². The van der Waals surface area contributed by atoms with Crippen molar-refractivity contribution >= 4 is 23.4 Å². The second-order valence-electron chi connectivity index (χ2n) is 3.64. The van der Waals surface area contributed by atoms with Gasteiger partial charge in [-0.3, -0.25) is 9.48 Å². The Hall–Kier alpha value is -1.17. The molecule has 0 aliphatic heterocycles. The van der Waals surface area contributed by atoms with E-state index in [2.05, 4.69) is 17.3 Å². The topological polar surface area (TPSA) is 72.9 Å². The summed E-state index contributed by atoms with van der Waals surface area (Å²) in [5, 5.41) is 6.89. The predicted octanol–water partition coefficient (Wildman–Crippen LogP) is 0.874. The molecule has 0 bridgehead atoms. The molecule has 3 N–H and O–H groups in total. The maximum Gasteiger partial charge on any atom is 0.274 e. The number of rotatable bonds is 5. The first-order valence-corrected chi connectivity index (χ1v) is 6.37. The van der Waals surface area contributed by atoms with E-state index in [-0.39, 0.29) is 11.9 Å². The maximum atomic E-state index is 11.8. The Morgan fingerprint density at radius 1 is 1.75 bits per heavy atom. The standard InChI is InChI=1S/C10H18N4OS/c1-4-16-6-7(2)12-10(15)9-8(11)5-14(3)13-9/h5,7H,4,6,11H2,1-3H3,(H,12,15). The molecule has 16 heavy (non-hydrogen) atoms. The fraction of sp³-hybridized carbons (Fsp3) is 0.600. The molecule has 0 aliphatic carbocycles. The first-order chi connectivity index (χ1) is 7.54.